The van der Waals surface area contributed by atoms with Crippen LogP contribution in [0.1, 0.15) is 52.9 Å². The van der Waals surface area contributed by atoms with Gasteiger partial charge in [-0.2, -0.15) is 31.7 Å². The van der Waals surface area contributed by atoms with E-state index >= 15 is 0 Å². The second-order valence-corrected chi connectivity index (χ2v) is 8.41. The van der Waals surface area contributed by atoms with Gasteiger partial charge < -0.3 is 20.3 Å². The maximum Gasteiger partial charge on any atom is 0.434 e. The fraction of sp³-hybridized carbons (Fsp3) is 0.591. The van der Waals surface area contributed by atoms with Crippen LogP contribution in [0.3, 0.4) is 0 Å². The summed E-state index contributed by atoms with van der Waals surface area (Å²) in [5.74, 6) is 1.19. The number of alkyl halides is 3. The van der Waals surface area contributed by atoms with Gasteiger partial charge in [0.05, 0.1) is 18.1 Å². The first-order valence-electron chi connectivity index (χ1n) is 10.3. The van der Waals surface area contributed by atoms with E-state index in [9.17, 15) is 18.0 Å². The summed E-state index contributed by atoms with van der Waals surface area (Å²) >= 11 is 0. The molecular formula is C22H34F3N7O2S. The number of fused-ring (bicyclic) bond motifs is 1. The molecule has 1 atom stereocenters. The van der Waals surface area contributed by atoms with Crippen LogP contribution >= 0.6 is 13.5 Å². The monoisotopic (exact) mass is 517 g/mol. The molecule has 1 saturated carbocycles. The van der Waals surface area contributed by atoms with Crippen molar-refractivity contribution in [3.05, 3.63) is 23.8 Å². The number of carbonyl (C=O) groups excluding carboxylic acids is 1. The lowest BCUT2D eigenvalue weighted by molar-refractivity contribution is -0.141. The normalized spacial score (nSPS) is 20.9. The number of hydrogen-bond acceptors (Lipinski definition) is 8. The van der Waals surface area contributed by atoms with E-state index in [4.69, 9.17) is 4.74 Å². The van der Waals surface area contributed by atoms with Gasteiger partial charge in [-0.15, -0.1) is 0 Å². The summed E-state index contributed by atoms with van der Waals surface area (Å²) in [4.78, 5) is 30.4. The van der Waals surface area contributed by atoms with E-state index < -0.39 is 11.9 Å². The topological polar surface area (TPSA) is 105 Å². The molecule has 35 heavy (non-hydrogen) atoms. The van der Waals surface area contributed by atoms with E-state index in [2.05, 4.69) is 30.6 Å². The molecule has 2 aliphatic rings. The lowest BCUT2D eigenvalue weighted by Gasteiger charge is -2.38. The highest BCUT2D eigenvalue weighted by Gasteiger charge is 2.37. The van der Waals surface area contributed by atoms with E-state index in [1.807, 2.05) is 32.7 Å². The number of halogens is 3. The first-order chi connectivity index (χ1) is 15.0. The number of likely N-dealkylation sites (N-methyl/N-ethyl adjacent to an activating group) is 1. The maximum atomic E-state index is 12.6. The molecular weight excluding hydrogens is 483 g/mol. The van der Waals surface area contributed by atoms with Crippen LogP contribution in [-0.2, 0) is 11.0 Å². The van der Waals surface area contributed by atoms with Crippen molar-refractivity contribution in [1.82, 2.24) is 19.9 Å². The SMILES string of the molecule is C.C.Cc1nc(NC2CC(Oc3cnc(C(F)(F)F)cn3)C2)nc2c1NC(=O)[C@H](C(C)C)N2C.S. The zero-order chi connectivity index (χ0) is 23.2. The van der Waals surface area contributed by atoms with Crippen LogP contribution in [0.5, 0.6) is 5.88 Å². The minimum Gasteiger partial charge on any atom is -0.473 e. The van der Waals surface area contributed by atoms with Crippen molar-refractivity contribution < 1.29 is 22.7 Å². The van der Waals surface area contributed by atoms with Crippen molar-refractivity contribution in [2.24, 2.45) is 5.92 Å². The Hall–Kier alpha value is -2.83. The van der Waals surface area contributed by atoms with Crippen molar-refractivity contribution in [2.75, 3.05) is 22.6 Å². The van der Waals surface area contributed by atoms with Crippen molar-refractivity contribution in [3.63, 3.8) is 0 Å². The van der Waals surface area contributed by atoms with Gasteiger partial charge in [0.15, 0.2) is 11.5 Å². The smallest absolute Gasteiger partial charge is 0.434 e. The highest BCUT2D eigenvalue weighted by Crippen LogP contribution is 2.35. The lowest BCUT2D eigenvalue weighted by Crippen LogP contribution is -2.50. The Morgan fingerprint density at radius 3 is 2.37 bits per heavy atom. The van der Waals surface area contributed by atoms with Gasteiger partial charge in [-0.05, 0) is 12.8 Å². The fourth-order valence-electron chi connectivity index (χ4n) is 3.94. The first kappa shape index (κ1) is 30.2. The highest BCUT2D eigenvalue weighted by atomic mass is 32.1. The molecule has 1 aliphatic heterocycles. The molecule has 2 aromatic heterocycles. The molecule has 0 radical (unpaired) electrons. The number of carbonyl (C=O) groups is 1. The number of rotatable bonds is 5. The van der Waals surface area contributed by atoms with Crippen molar-refractivity contribution in [2.45, 2.75) is 72.8 Å². The molecule has 1 aliphatic carbocycles. The Bertz CT molecular complexity index is 1020. The Kier molecular flexibility index (Phi) is 9.73. The molecule has 196 valence electrons. The van der Waals surface area contributed by atoms with Gasteiger partial charge >= 0.3 is 6.18 Å². The summed E-state index contributed by atoms with van der Waals surface area (Å²) in [6, 6.07) is -0.278. The number of nitrogens with zero attached hydrogens (tertiary/aromatic N) is 5. The van der Waals surface area contributed by atoms with E-state index in [1.54, 1.807) is 0 Å². The zero-order valence-corrected chi connectivity index (χ0v) is 19.6. The average molecular weight is 518 g/mol. The molecule has 0 spiro atoms. The number of ether oxygens (including phenoxy) is 1. The second-order valence-electron chi connectivity index (χ2n) is 8.41. The van der Waals surface area contributed by atoms with Crippen molar-refractivity contribution in [1.29, 1.82) is 0 Å². The molecule has 13 heteroatoms. The molecule has 0 unspecified atom stereocenters. The van der Waals surface area contributed by atoms with Crippen LogP contribution in [0, 0.1) is 12.8 Å². The van der Waals surface area contributed by atoms with E-state index in [-0.39, 0.29) is 64.2 Å². The summed E-state index contributed by atoms with van der Waals surface area (Å²) in [7, 11) is 1.84. The molecule has 2 aromatic rings. The highest BCUT2D eigenvalue weighted by molar-refractivity contribution is 7.59. The summed E-state index contributed by atoms with van der Waals surface area (Å²) in [6.07, 6.45) is -1.85. The average Bonchev–Trinajstić information content (AvgIpc) is 2.67. The molecule has 2 N–H and O–H groups in total. The summed E-state index contributed by atoms with van der Waals surface area (Å²) < 4.78 is 43.3. The van der Waals surface area contributed by atoms with Crippen LogP contribution in [0.2, 0.25) is 0 Å². The lowest BCUT2D eigenvalue weighted by atomic mass is 9.89. The number of nitrogens with one attached hydrogen (secondary N) is 2. The number of anilines is 3. The minimum absolute atomic E-state index is 0. The van der Waals surface area contributed by atoms with Gasteiger partial charge in [0.2, 0.25) is 17.7 Å². The zero-order valence-electron chi connectivity index (χ0n) is 18.6. The predicted molar refractivity (Wildman–Crippen MR) is 134 cm³/mol. The van der Waals surface area contributed by atoms with Gasteiger partial charge in [-0.1, -0.05) is 28.7 Å². The van der Waals surface area contributed by atoms with E-state index in [1.165, 1.54) is 0 Å². The standard InChI is InChI=1S/C20H24F3N7O2.2CH4.H2S/c1-9(2)16-18(31)28-15-10(3)26-19(29-17(15)30(16)4)27-11-5-12(6-11)32-14-8-24-13(7-25-14)20(21,22)23;;;/h7-9,11-12,16H,5-6H2,1-4H3,(H,28,31)(H,26,27,29);2*1H4;1H2/t11?,12?,16-;;;/m0.../s1. The molecule has 0 aromatic carbocycles. The fourth-order valence-corrected chi connectivity index (χ4v) is 3.94. The largest absolute Gasteiger partial charge is 0.473 e. The van der Waals surface area contributed by atoms with E-state index in [0.717, 1.165) is 6.20 Å². The first-order valence-corrected chi connectivity index (χ1v) is 10.3. The Balaban J connectivity index is 0.00000204. The van der Waals surface area contributed by atoms with Gasteiger partial charge in [-0.3, -0.25) is 4.79 Å². The van der Waals surface area contributed by atoms with Crippen LogP contribution < -0.4 is 20.3 Å². The molecule has 9 nitrogen and oxygen atoms in total. The van der Waals surface area contributed by atoms with Crippen LogP contribution in [0.15, 0.2) is 12.4 Å². The Morgan fingerprint density at radius 1 is 1.17 bits per heavy atom. The quantitative estimate of drug-likeness (QED) is 0.601. The maximum absolute atomic E-state index is 12.6. The molecule has 1 fully saturated rings. The summed E-state index contributed by atoms with van der Waals surface area (Å²) in [6.45, 7) is 5.77. The van der Waals surface area contributed by atoms with Gasteiger partial charge in [0.1, 0.15) is 17.8 Å². The number of aryl methyl sites for hydroxylation is 1. The van der Waals surface area contributed by atoms with Gasteiger partial charge in [0, 0.05) is 25.9 Å². The van der Waals surface area contributed by atoms with Gasteiger partial charge in [0.25, 0.3) is 0 Å². The van der Waals surface area contributed by atoms with Gasteiger partial charge in [-0.25, -0.2) is 15.0 Å². The minimum atomic E-state index is -4.53. The third kappa shape index (κ3) is 6.24. The predicted octanol–water partition coefficient (Wildman–Crippen LogP) is 4.41. The number of hydrogen-bond donors (Lipinski definition) is 2. The molecule has 0 bridgehead atoms. The third-order valence-corrected chi connectivity index (χ3v) is 5.60. The van der Waals surface area contributed by atoms with Crippen molar-refractivity contribution >= 4 is 36.9 Å². The molecule has 3 heterocycles. The third-order valence-electron chi connectivity index (χ3n) is 5.60. The Morgan fingerprint density at radius 2 is 1.83 bits per heavy atom. The molecule has 0 saturated heterocycles. The number of aromatic nitrogens is 4. The van der Waals surface area contributed by atoms with Crippen LogP contribution in [-0.4, -0.2) is 51.1 Å². The second kappa shape index (κ2) is 11.3. The van der Waals surface area contributed by atoms with Crippen LogP contribution in [0.25, 0.3) is 0 Å². The molecule has 4 rings (SSSR count). The number of amides is 1. The Labute approximate surface area is 210 Å². The summed E-state index contributed by atoms with van der Waals surface area (Å²) in [5, 5.41) is 6.17. The van der Waals surface area contributed by atoms with Crippen LogP contribution in [0.4, 0.5) is 30.6 Å². The summed E-state index contributed by atoms with van der Waals surface area (Å²) in [5.41, 5.74) is 0.210. The van der Waals surface area contributed by atoms with E-state index in [0.29, 0.717) is 42.2 Å². The molecule has 1 amide bonds. The van der Waals surface area contributed by atoms with Crippen molar-refractivity contribution in [3.8, 4) is 5.88 Å².